The van der Waals surface area contributed by atoms with Crippen LogP contribution in [0.3, 0.4) is 0 Å². The maximum absolute atomic E-state index is 12.9. The summed E-state index contributed by atoms with van der Waals surface area (Å²) in [6.07, 6.45) is 7.66. The fourth-order valence-corrected chi connectivity index (χ4v) is 6.34. The van der Waals surface area contributed by atoms with Crippen LogP contribution in [0.4, 0.5) is 0 Å². The predicted octanol–water partition coefficient (Wildman–Crippen LogP) is 2.72. The zero-order valence-corrected chi connectivity index (χ0v) is 17.8. The van der Waals surface area contributed by atoms with Crippen LogP contribution in [0.1, 0.15) is 49.8 Å². The topological polar surface area (TPSA) is 60.9 Å². The van der Waals surface area contributed by atoms with Gasteiger partial charge in [0.1, 0.15) is 0 Å². The van der Waals surface area contributed by atoms with Crippen molar-refractivity contribution in [3.63, 3.8) is 0 Å². The van der Waals surface area contributed by atoms with E-state index in [4.69, 9.17) is 0 Å². The van der Waals surface area contributed by atoms with Crippen molar-refractivity contribution in [2.75, 3.05) is 33.2 Å². The number of aryl methyl sites for hydroxylation is 1. The molecular formula is C19H31N3O3S2. The lowest BCUT2D eigenvalue weighted by Crippen LogP contribution is -2.55. The minimum absolute atomic E-state index is 0.126. The van der Waals surface area contributed by atoms with Gasteiger partial charge in [0.2, 0.25) is 5.91 Å². The van der Waals surface area contributed by atoms with Crippen molar-refractivity contribution in [3.8, 4) is 0 Å². The molecule has 2 fully saturated rings. The molecule has 2 heterocycles. The number of carbonyl (C=O) groups is 1. The van der Waals surface area contributed by atoms with Crippen molar-refractivity contribution in [2.24, 2.45) is 0 Å². The number of nitrogens with zero attached hydrogens (tertiary/aromatic N) is 3. The minimum atomic E-state index is -3.43. The molecule has 1 saturated carbocycles. The highest BCUT2D eigenvalue weighted by molar-refractivity contribution is 7.86. The Balaban J connectivity index is 1.45. The molecule has 1 aliphatic heterocycles. The number of amides is 1. The van der Waals surface area contributed by atoms with Gasteiger partial charge in [0.25, 0.3) is 10.2 Å². The molecule has 1 aromatic heterocycles. The fourth-order valence-electron chi connectivity index (χ4n) is 4.01. The summed E-state index contributed by atoms with van der Waals surface area (Å²) in [6.45, 7) is 1.79. The van der Waals surface area contributed by atoms with E-state index in [1.165, 1.54) is 11.3 Å². The summed E-state index contributed by atoms with van der Waals surface area (Å²) in [7, 11) is -1.71. The molecule has 0 spiro atoms. The molecule has 1 aromatic rings. The molecule has 1 aliphatic carbocycles. The first-order valence-electron chi connectivity index (χ1n) is 10.0. The molecule has 2 aliphatic rings. The smallest absolute Gasteiger partial charge is 0.282 e. The molecular weight excluding hydrogens is 382 g/mol. The van der Waals surface area contributed by atoms with Gasteiger partial charge in [-0.2, -0.15) is 17.0 Å². The molecule has 0 N–H and O–H groups in total. The Kier molecular flexibility index (Phi) is 7.30. The van der Waals surface area contributed by atoms with E-state index in [0.717, 1.165) is 38.5 Å². The highest BCUT2D eigenvalue weighted by atomic mass is 32.2. The third kappa shape index (κ3) is 5.31. The molecule has 0 unspecified atom stereocenters. The molecule has 6 nitrogen and oxygen atoms in total. The zero-order valence-electron chi connectivity index (χ0n) is 16.2. The normalized spacial score (nSPS) is 20.3. The van der Waals surface area contributed by atoms with Crippen LogP contribution in [0.25, 0.3) is 0 Å². The van der Waals surface area contributed by atoms with Crippen molar-refractivity contribution in [3.05, 3.63) is 22.4 Å². The molecule has 152 valence electrons. The summed E-state index contributed by atoms with van der Waals surface area (Å²) in [4.78, 5) is 15.5. The Morgan fingerprint density at radius 3 is 2.52 bits per heavy atom. The number of thiophene rings is 1. The Labute approximate surface area is 167 Å². The first-order valence-corrected chi connectivity index (χ1v) is 12.3. The van der Waals surface area contributed by atoms with E-state index in [9.17, 15) is 13.2 Å². The summed E-state index contributed by atoms with van der Waals surface area (Å²) in [5.74, 6) is 0.143. The van der Waals surface area contributed by atoms with Gasteiger partial charge in [0, 0.05) is 50.6 Å². The molecule has 8 heteroatoms. The van der Waals surface area contributed by atoms with Crippen LogP contribution < -0.4 is 0 Å². The summed E-state index contributed by atoms with van der Waals surface area (Å²) < 4.78 is 29.0. The summed E-state index contributed by atoms with van der Waals surface area (Å²) in [5.41, 5.74) is 0. The molecule has 3 rings (SSSR count). The molecule has 1 amide bonds. The SMILES string of the molecule is CN(C1CCCCC1)S(=O)(=O)N1CCN(C(=O)CCCc2cccs2)CC1. The monoisotopic (exact) mass is 413 g/mol. The van der Waals surface area contributed by atoms with E-state index in [-0.39, 0.29) is 11.9 Å². The number of rotatable bonds is 7. The van der Waals surface area contributed by atoms with Crippen molar-refractivity contribution in [1.82, 2.24) is 13.5 Å². The maximum atomic E-state index is 12.9. The van der Waals surface area contributed by atoms with E-state index in [2.05, 4.69) is 11.4 Å². The van der Waals surface area contributed by atoms with Gasteiger partial charge in [0.05, 0.1) is 0 Å². The molecule has 0 radical (unpaired) electrons. The quantitative estimate of drug-likeness (QED) is 0.691. The Morgan fingerprint density at radius 1 is 1.19 bits per heavy atom. The highest BCUT2D eigenvalue weighted by Crippen LogP contribution is 2.25. The lowest BCUT2D eigenvalue weighted by molar-refractivity contribution is -0.132. The molecule has 0 bridgehead atoms. The van der Waals surface area contributed by atoms with E-state index in [1.54, 1.807) is 27.0 Å². The predicted molar refractivity (Wildman–Crippen MR) is 109 cm³/mol. The maximum Gasteiger partial charge on any atom is 0.282 e. The zero-order chi connectivity index (χ0) is 19.3. The van der Waals surface area contributed by atoms with Crippen molar-refractivity contribution in [2.45, 2.75) is 57.4 Å². The lowest BCUT2D eigenvalue weighted by atomic mass is 9.96. The van der Waals surface area contributed by atoms with Crippen molar-refractivity contribution >= 4 is 27.5 Å². The third-order valence-corrected chi connectivity index (χ3v) is 8.74. The van der Waals surface area contributed by atoms with Gasteiger partial charge in [0.15, 0.2) is 0 Å². The number of piperazine rings is 1. The van der Waals surface area contributed by atoms with E-state index in [1.807, 2.05) is 11.0 Å². The van der Waals surface area contributed by atoms with E-state index >= 15 is 0 Å². The minimum Gasteiger partial charge on any atom is -0.340 e. The van der Waals surface area contributed by atoms with Crippen LogP contribution >= 0.6 is 11.3 Å². The van der Waals surface area contributed by atoms with E-state index in [0.29, 0.717) is 32.6 Å². The number of hydrogen-bond acceptors (Lipinski definition) is 4. The summed E-state index contributed by atoms with van der Waals surface area (Å²) in [5, 5.41) is 2.06. The largest absolute Gasteiger partial charge is 0.340 e. The second-order valence-corrected chi connectivity index (χ2v) is 10.5. The van der Waals surface area contributed by atoms with Gasteiger partial charge >= 0.3 is 0 Å². The average Bonchev–Trinajstić information content (AvgIpc) is 3.21. The standard InChI is InChI=1S/C19H31N3O3S2/c1-20(17-7-3-2-4-8-17)27(24,25)22-14-12-21(13-15-22)19(23)11-5-9-18-10-6-16-26-18/h6,10,16-17H,2-5,7-9,11-15H2,1H3. The third-order valence-electron chi connectivity index (χ3n) is 5.76. The Morgan fingerprint density at radius 2 is 1.89 bits per heavy atom. The van der Waals surface area contributed by atoms with Crippen LogP contribution in [-0.2, 0) is 21.4 Å². The van der Waals surface area contributed by atoms with Crippen LogP contribution in [0, 0.1) is 0 Å². The second kappa shape index (κ2) is 9.49. The van der Waals surface area contributed by atoms with Gasteiger partial charge in [-0.3, -0.25) is 4.79 Å². The molecule has 0 atom stereocenters. The Bertz CT molecular complexity index is 692. The number of carbonyl (C=O) groups excluding carboxylic acids is 1. The van der Waals surface area contributed by atoms with Gasteiger partial charge in [-0.05, 0) is 37.1 Å². The van der Waals surface area contributed by atoms with Gasteiger partial charge in [-0.1, -0.05) is 25.3 Å². The van der Waals surface area contributed by atoms with Gasteiger partial charge in [-0.25, -0.2) is 0 Å². The first kappa shape index (κ1) is 20.8. The van der Waals surface area contributed by atoms with Gasteiger partial charge < -0.3 is 4.90 Å². The average molecular weight is 414 g/mol. The van der Waals surface area contributed by atoms with E-state index < -0.39 is 10.2 Å². The van der Waals surface area contributed by atoms with Crippen LogP contribution in [0.15, 0.2) is 17.5 Å². The number of hydrogen-bond donors (Lipinski definition) is 0. The fraction of sp³-hybridized carbons (Fsp3) is 0.737. The van der Waals surface area contributed by atoms with Crippen LogP contribution in [-0.4, -0.2) is 67.1 Å². The second-order valence-electron chi connectivity index (χ2n) is 7.53. The van der Waals surface area contributed by atoms with Gasteiger partial charge in [-0.15, -0.1) is 11.3 Å². The first-order chi connectivity index (χ1) is 13.0. The molecule has 0 aromatic carbocycles. The highest BCUT2D eigenvalue weighted by Gasteiger charge is 2.35. The Hall–Kier alpha value is -0.960. The van der Waals surface area contributed by atoms with Crippen LogP contribution in [0.5, 0.6) is 0 Å². The molecule has 27 heavy (non-hydrogen) atoms. The van der Waals surface area contributed by atoms with Crippen LogP contribution in [0.2, 0.25) is 0 Å². The molecule has 1 saturated heterocycles. The summed E-state index contributed by atoms with van der Waals surface area (Å²) >= 11 is 1.72. The lowest BCUT2D eigenvalue weighted by Gasteiger charge is -2.38. The summed E-state index contributed by atoms with van der Waals surface area (Å²) in [6, 6.07) is 4.26. The van der Waals surface area contributed by atoms with Crippen molar-refractivity contribution < 1.29 is 13.2 Å². The van der Waals surface area contributed by atoms with Crippen molar-refractivity contribution in [1.29, 1.82) is 0 Å².